The molecule has 2 aromatic rings. The van der Waals surface area contributed by atoms with E-state index in [0.717, 1.165) is 26.7 Å². The molecule has 0 atom stereocenters. The fourth-order valence-corrected chi connectivity index (χ4v) is 2.91. The van der Waals surface area contributed by atoms with E-state index in [2.05, 4.69) is 31.2 Å². The van der Waals surface area contributed by atoms with Crippen LogP contribution in [0.1, 0.15) is 18.5 Å². The molecular formula is C12H12BrN3S. The molecule has 0 aliphatic heterocycles. The first-order chi connectivity index (χ1) is 8.31. The average Bonchev–Trinajstić information content (AvgIpc) is 3.08. The van der Waals surface area contributed by atoms with Crippen LogP contribution in [-0.2, 0) is 6.54 Å². The highest BCUT2D eigenvalue weighted by Crippen LogP contribution is 2.28. The van der Waals surface area contributed by atoms with Gasteiger partial charge in [0.1, 0.15) is 0 Å². The van der Waals surface area contributed by atoms with Crippen molar-refractivity contribution in [2.75, 3.05) is 0 Å². The van der Waals surface area contributed by atoms with E-state index >= 15 is 0 Å². The van der Waals surface area contributed by atoms with Crippen molar-refractivity contribution in [2.45, 2.75) is 25.4 Å². The second-order valence-corrected chi connectivity index (χ2v) is 6.59. The average molecular weight is 310 g/mol. The van der Waals surface area contributed by atoms with E-state index in [1.54, 1.807) is 11.3 Å². The van der Waals surface area contributed by atoms with Gasteiger partial charge < -0.3 is 5.32 Å². The van der Waals surface area contributed by atoms with E-state index in [1.807, 2.05) is 24.4 Å². The minimum Gasteiger partial charge on any atom is -0.308 e. The van der Waals surface area contributed by atoms with Gasteiger partial charge in [0.25, 0.3) is 0 Å². The molecule has 0 radical (unpaired) electrons. The molecule has 0 bridgehead atoms. The first kappa shape index (κ1) is 11.3. The summed E-state index contributed by atoms with van der Waals surface area (Å²) in [6.45, 7) is 0.840. The van der Waals surface area contributed by atoms with Gasteiger partial charge in [0.2, 0.25) is 0 Å². The summed E-state index contributed by atoms with van der Waals surface area (Å²) in [4.78, 5) is 9.99. The lowest BCUT2D eigenvalue weighted by Crippen LogP contribution is -2.16. The molecule has 2 aromatic heterocycles. The lowest BCUT2D eigenvalue weighted by atomic mass is 10.3. The van der Waals surface area contributed by atoms with E-state index in [4.69, 9.17) is 0 Å². The Morgan fingerprint density at radius 3 is 2.94 bits per heavy atom. The lowest BCUT2D eigenvalue weighted by Gasteiger charge is -2.03. The van der Waals surface area contributed by atoms with Gasteiger partial charge in [-0.2, -0.15) is 0 Å². The predicted molar refractivity (Wildman–Crippen MR) is 72.9 cm³/mol. The summed E-state index contributed by atoms with van der Waals surface area (Å²) in [5.74, 6) is 0.816. The molecule has 1 aliphatic carbocycles. The SMILES string of the molecule is Brc1ccc(-c2nccc(CNC3CC3)n2)s1. The Morgan fingerprint density at radius 1 is 1.35 bits per heavy atom. The van der Waals surface area contributed by atoms with Gasteiger partial charge in [0.05, 0.1) is 14.4 Å². The van der Waals surface area contributed by atoms with Crippen LogP contribution in [0.3, 0.4) is 0 Å². The van der Waals surface area contributed by atoms with Gasteiger partial charge in [-0.05, 0) is 47.0 Å². The van der Waals surface area contributed by atoms with Gasteiger partial charge >= 0.3 is 0 Å². The highest BCUT2D eigenvalue weighted by molar-refractivity contribution is 9.11. The summed E-state index contributed by atoms with van der Waals surface area (Å²) in [7, 11) is 0. The zero-order valence-corrected chi connectivity index (χ0v) is 11.6. The minimum atomic E-state index is 0.712. The van der Waals surface area contributed by atoms with Gasteiger partial charge in [-0.15, -0.1) is 11.3 Å². The molecule has 1 fully saturated rings. The Balaban J connectivity index is 1.77. The fraction of sp³-hybridized carbons (Fsp3) is 0.333. The largest absolute Gasteiger partial charge is 0.308 e. The first-order valence-corrected chi connectivity index (χ1v) is 7.23. The highest BCUT2D eigenvalue weighted by atomic mass is 79.9. The van der Waals surface area contributed by atoms with Crippen LogP contribution in [0.5, 0.6) is 0 Å². The Bertz CT molecular complexity index is 522. The topological polar surface area (TPSA) is 37.8 Å². The number of aromatic nitrogens is 2. The third-order valence-electron chi connectivity index (χ3n) is 2.66. The zero-order valence-electron chi connectivity index (χ0n) is 9.19. The summed E-state index contributed by atoms with van der Waals surface area (Å²) in [6.07, 6.45) is 4.44. The summed E-state index contributed by atoms with van der Waals surface area (Å²) in [6, 6.07) is 6.76. The van der Waals surface area contributed by atoms with Crippen molar-refractivity contribution in [3.05, 3.63) is 33.9 Å². The maximum Gasteiger partial charge on any atom is 0.169 e. The van der Waals surface area contributed by atoms with Gasteiger partial charge in [-0.3, -0.25) is 0 Å². The minimum absolute atomic E-state index is 0.712. The molecule has 17 heavy (non-hydrogen) atoms. The van der Waals surface area contributed by atoms with Gasteiger partial charge in [-0.25, -0.2) is 9.97 Å². The second kappa shape index (κ2) is 4.84. The first-order valence-electron chi connectivity index (χ1n) is 5.62. The number of rotatable bonds is 4. The van der Waals surface area contributed by atoms with Gasteiger partial charge in [0, 0.05) is 18.8 Å². The Hall–Kier alpha value is -0.780. The van der Waals surface area contributed by atoms with E-state index in [1.165, 1.54) is 12.8 Å². The van der Waals surface area contributed by atoms with E-state index in [9.17, 15) is 0 Å². The van der Waals surface area contributed by atoms with Crippen molar-refractivity contribution in [3.63, 3.8) is 0 Å². The van der Waals surface area contributed by atoms with Crippen LogP contribution in [0.25, 0.3) is 10.7 Å². The van der Waals surface area contributed by atoms with Gasteiger partial charge in [0.15, 0.2) is 5.82 Å². The van der Waals surface area contributed by atoms with Crippen molar-refractivity contribution in [3.8, 4) is 10.7 Å². The number of hydrogen-bond acceptors (Lipinski definition) is 4. The van der Waals surface area contributed by atoms with Crippen LogP contribution >= 0.6 is 27.3 Å². The molecule has 2 heterocycles. The van der Waals surface area contributed by atoms with Crippen molar-refractivity contribution < 1.29 is 0 Å². The number of halogens is 1. The number of hydrogen-bond donors (Lipinski definition) is 1. The number of nitrogens with one attached hydrogen (secondary N) is 1. The normalized spacial score (nSPS) is 15.1. The quantitative estimate of drug-likeness (QED) is 0.942. The van der Waals surface area contributed by atoms with Crippen LogP contribution in [0.2, 0.25) is 0 Å². The fourth-order valence-electron chi connectivity index (χ4n) is 1.58. The Labute approximate surface area is 112 Å². The van der Waals surface area contributed by atoms with Gasteiger partial charge in [-0.1, -0.05) is 0 Å². The lowest BCUT2D eigenvalue weighted by molar-refractivity contribution is 0.673. The molecule has 0 aromatic carbocycles. The predicted octanol–water partition coefficient (Wildman–Crippen LogP) is 3.22. The molecule has 0 saturated heterocycles. The molecular weight excluding hydrogens is 298 g/mol. The summed E-state index contributed by atoms with van der Waals surface area (Å²) >= 11 is 5.11. The van der Waals surface area contributed by atoms with Crippen LogP contribution < -0.4 is 5.32 Å². The maximum absolute atomic E-state index is 4.57. The van der Waals surface area contributed by atoms with Crippen LogP contribution in [-0.4, -0.2) is 16.0 Å². The van der Waals surface area contributed by atoms with E-state index in [-0.39, 0.29) is 0 Å². The standard InChI is InChI=1S/C12H12BrN3S/c13-11-4-3-10(17-11)12-14-6-5-9(16-12)7-15-8-1-2-8/h3-6,8,15H,1-2,7H2. The molecule has 0 amide bonds. The molecule has 5 heteroatoms. The van der Waals surface area contributed by atoms with Crippen LogP contribution in [0.4, 0.5) is 0 Å². The van der Waals surface area contributed by atoms with Crippen molar-refractivity contribution >= 4 is 27.3 Å². The van der Waals surface area contributed by atoms with E-state index < -0.39 is 0 Å². The third-order valence-corrected chi connectivity index (χ3v) is 4.28. The maximum atomic E-state index is 4.57. The van der Waals surface area contributed by atoms with Crippen molar-refractivity contribution in [1.82, 2.24) is 15.3 Å². The van der Waals surface area contributed by atoms with Crippen molar-refractivity contribution in [2.24, 2.45) is 0 Å². The summed E-state index contributed by atoms with van der Waals surface area (Å²) in [5, 5.41) is 3.46. The molecule has 0 unspecified atom stereocenters. The molecule has 0 spiro atoms. The molecule has 1 saturated carbocycles. The molecule has 1 aliphatic rings. The molecule has 1 N–H and O–H groups in total. The smallest absolute Gasteiger partial charge is 0.169 e. The van der Waals surface area contributed by atoms with Crippen LogP contribution in [0.15, 0.2) is 28.2 Å². The zero-order chi connectivity index (χ0) is 11.7. The number of thiophene rings is 1. The monoisotopic (exact) mass is 309 g/mol. The highest BCUT2D eigenvalue weighted by Gasteiger charge is 2.20. The molecule has 3 rings (SSSR count). The molecule has 3 nitrogen and oxygen atoms in total. The van der Waals surface area contributed by atoms with Crippen LogP contribution in [0, 0.1) is 0 Å². The Kier molecular flexibility index (Phi) is 3.22. The number of nitrogens with zero attached hydrogens (tertiary/aromatic N) is 2. The Morgan fingerprint density at radius 2 is 2.24 bits per heavy atom. The third kappa shape index (κ3) is 2.91. The summed E-state index contributed by atoms with van der Waals surface area (Å²) in [5.41, 5.74) is 1.06. The van der Waals surface area contributed by atoms with E-state index in [0.29, 0.717) is 6.04 Å². The summed E-state index contributed by atoms with van der Waals surface area (Å²) < 4.78 is 1.11. The molecule has 88 valence electrons. The van der Waals surface area contributed by atoms with Crippen molar-refractivity contribution in [1.29, 1.82) is 0 Å². The second-order valence-electron chi connectivity index (χ2n) is 4.13.